The molecule has 1 aromatic heterocycles. The van der Waals surface area contributed by atoms with Crippen molar-refractivity contribution >= 4 is 40.4 Å². The van der Waals surface area contributed by atoms with Crippen LogP contribution in [0.25, 0.3) is 0 Å². The molecule has 3 aromatic rings. The first-order chi connectivity index (χ1) is 14.6. The second-order valence-electron chi connectivity index (χ2n) is 6.18. The number of anilines is 1. The Hall–Kier alpha value is -3.12. The van der Waals surface area contributed by atoms with Crippen molar-refractivity contribution in [1.82, 2.24) is 4.98 Å². The van der Waals surface area contributed by atoms with Crippen LogP contribution in [0.1, 0.15) is 16.1 Å². The molecule has 0 atom stereocenters. The Morgan fingerprint density at radius 2 is 1.97 bits per heavy atom. The molecule has 2 aromatic carbocycles. The number of hydrogen-bond donors (Lipinski definition) is 1. The molecule has 0 fully saturated rings. The SMILES string of the molecule is Cc1csc(Sc2ccc(NC(=O)c3cc(OCC(F)(F)F)ccc3[N+](=O)[O-])cc2)n1. The maximum absolute atomic E-state index is 12.6. The van der Waals surface area contributed by atoms with Gasteiger partial charge in [-0.15, -0.1) is 11.3 Å². The van der Waals surface area contributed by atoms with Crippen molar-refractivity contribution in [2.45, 2.75) is 22.3 Å². The predicted molar refractivity (Wildman–Crippen MR) is 110 cm³/mol. The number of rotatable bonds is 7. The summed E-state index contributed by atoms with van der Waals surface area (Å²) in [7, 11) is 0. The molecular weight excluding hydrogens is 455 g/mol. The van der Waals surface area contributed by atoms with Crippen molar-refractivity contribution in [3.05, 3.63) is 69.2 Å². The highest BCUT2D eigenvalue weighted by Crippen LogP contribution is 2.31. The van der Waals surface area contributed by atoms with E-state index in [1.807, 2.05) is 12.3 Å². The number of carbonyl (C=O) groups excluding carboxylic acids is 1. The van der Waals surface area contributed by atoms with Gasteiger partial charge in [0.15, 0.2) is 10.9 Å². The number of carbonyl (C=O) groups is 1. The first-order valence-electron chi connectivity index (χ1n) is 8.60. The van der Waals surface area contributed by atoms with Gasteiger partial charge in [0.25, 0.3) is 11.6 Å². The first kappa shape index (κ1) is 22.6. The number of alkyl halides is 3. The van der Waals surface area contributed by atoms with Gasteiger partial charge in [-0.2, -0.15) is 13.2 Å². The summed E-state index contributed by atoms with van der Waals surface area (Å²) >= 11 is 2.95. The van der Waals surface area contributed by atoms with Crippen LogP contribution in [-0.4, -0.2) is 28.6 Å². The first-order valence-corrected chi connectivity index (χ1v) is 10.3. The zero-order chi connectivity index (χ0) is 22.6. The van der Waals surface area contributed by atoms with Crippen LogP contribution in [0, 0.1) is 17.0 Å². The smallest absolute Gasteiger partial charge is 0.422 e. The van der Waals surface area contributed by atoms with Gasteiger partial charge in [0, 0.05) is 27.7 Å². The maximum atomic E-state index is 12.6. The van der Waals surface area contributed by atoms with E-state index in [1.54, 1.807) is 24.3 Å². The molecule has 1 N–H and O–H groups in total. The van der Waals surface area contributed by atoms with E-state index in [9.17, 15) is 28.1 Å². The second-order valence-corrected chi connectivity index (χ2v) is 8.35. The van der Waals surface area contributed by atoms with Crippen molar-refractivity contribution in [2.24, 2.45) is 0 Å². The summed E-state index contributed by atoms with van der Waals surface area (Å²) in [4.78, 5) is 28.2. The van der Waals surface area contributed by atoms with Gasteiger partial charge in [-0.25, -0.2) is 4.98 Å². The van der Waals surface area contributed by atoms with Gasteiger partial charge >= 0.3 is 6.18 Å². The Kier molecular flexibility index (Phi) is 6.81. The van der Waals surface area contributed by atoms with E-state index < -0.39 is 34.9 Å². The zero-order valence-electron chi connectivity index (χ0n) is 15.8. The molecule has 12 heteroatoms. The van der Waals surface area contributed by atoms with Gasteiger partial charge in [-0.05, 0) is 43.3 Å². The molecule has 31 heavy (non-hydrogen) atoms. The third kappa shape index (κ3) is 6.43. The van der Waals surface area contributed by atoms with E-state index >= 15 is 0 Å². The molecule has 3 rings (SSSR count). The highest BCUT2D eigenvalue weighted by atomic mass is 32.2. The van der Waals surface area contributed by atoms with Crippen LogP contribution in [0.4, 0.5) is 24.5 Å². The number of halogens is 3. The molecule has 0 bridgehead atoms. The molecule has 0 saturated heterocycles. The number of hydrogen-bond acceptors (Lipinski definition) is 7. The van der Waals surface area contributed by atoms with Crippen molar-refractivity contribution in [3.8, 4) is 5.75 Å². The Morgan fingerprint density at radius 1 is 1.26 bits per heavy atom. The molecule has 0 radical (unpaired) electrons. The summed E-state index contributed by atoms with van der Waals surface area (Å²) in [6, 6.07) is 9.55. The fourth-order valence-electron chi connectivity index (χ4n) is 2.40. The molecule has 0 spiro atoms. The van der Waals surface area contributed by atoms with Crippen LogP contribution >= 0.6 is 23.1 Å². The Labute approximate surface area is 182 Å². The maximum Gasteiger partial charge on any atom is 0.422 e. The molecule has 1 heterocycles. The number of nitro benzene ring substituents is 1. The quantitative estimate of drug-likeness (QED) is 0.352. The Bertz CT molecular complexity index is 1100. The van der Waals surface area contributed by atoms with Crippen LogP contribution in [0.5, 0.6) is 5.75 Å². The molecule has 0 aliphatic rings. The van der Waals surface area contributed by atoms with Gasteiger partial charge < -0.3 is 10.1 Å². The van der Waals surface area contributed by atoms with Gasteiger partial charge in [-0.1, -0.05) is 11.8 Å². The number of nitro groups is 1. The molecular formula is C19H14F3N3O4S2. The van der Waals surface area contributed by atoms with Crippen LogP contribution in [0.3, 0.4) is 0 Å². The third-order valence-corrected chi connectivity index (χ3v) is 5.79. The number of aromatic nitrogens is 1. The summed E-state index contributed by atoms with van der Waals surface area (Å²) in [5.41, 5.74) is 0.310. The largest absolute Gasteiger partial charge is 0.484 e. The normalized spacial score (nSPS) is 11.2. The topological polar surface area (TPSA) is 94.4 Å². The monoisotopic (exact) mass is 469 g/mol. The molecule has 0 unspecified atom stereocenters. The number of nitrogens with one attached hydrogen (secondary N) is 1. The lowest BCUT2D eigenvalue weighted by molar-refractivity contribution is -0.385. The van der Waals surface area contributed by atoms with E-state index in [1.165, 1.54) is 23.1 Å². The highest BCUT2D eigenvalue weighted by Gasteiger charge is 2.29. The molecule has 0 aliphatic heterocycles. The highest BCUT2D eigenvalue weighted by molar-refractivity contribution is 8.01. The molecule has 162 valence electrons. The Morgan fingerprint density at radius 3 is 2.55 bits per heavy atom. The van der Waals surface area contributed by atoms with Crippen LogP contribution in [-0.2, 0) is 0 Å². The summed E-state index contributed by atoms with van der Waals surface area (Å²) in [5.74, 6) is -1.15. The lowest BCUT2D eigenvalue weighted by Gasteiger charge is -2.11. The van der Waals surface area contributed by atoms with Crippen LogP contribution in [0.15, 0.2) is 57.1 Å². The third-order valence-electron chi connectivity index (χ3n) is 3.73. The number of amides is 1. The zero-order valence-corrected chi connectivity index (χ0v) is 17.4. The minimum atomic E-state index is -4.58. The van der Waals surface area contributed by atoms with E-state index in [-0.39, 0.29) is 5.75 Å². The van der Waals surface area contributed by atoms with E-state index in [4.69, 9.17) is 0 Å². The summed E-state index contributed by atoms with van der Waals surface area (Å²) in [6.45, 7) is 0.311. The molecule has 1 amide bonds. The number of ether oxygens (including phenoxy) is 1. The number of benzene rings is 2. The second kappa shape index (κ2) is 9.35. The summed E-state index contributed by atoms with van der Waals surface area (Å²) in [6.07, 6.45) is -4.58. The fraction of sp³-hybridized carbons (Fsp3) is 0.158. The van der Waals surface area contributed by atoms with Gasteiger partial charge in [0.1, 0.15) is 11.3 Å². The van der Waals surface area contributed by atoms with Crippen molar-refractivity contribution in [1.29, 1.82) is 0 Å². The van der Waals surface area contributed by atoms with Crippen molar-refractivity contribution < 1.29 is 27.6 Å². The van der Waals surface area contributed by atoms with E-state index in [0.29, 0.717) is 5.69 Å². The average molecular weight is 469 g/mol. The van der Waals surface area contributed by atoms with Crippen LogP contribution < -0.4 is 10.1 Å². The van der Waals surface area contributed by atoms with E-state index in [0.717, 1.165) is 33.1 Å². The average Bonchev–Trinajstić information content (AvgIpc) is 3.11. The van der Waals surface area contributed by atoms with Gasteiger partial charge in [0.05, 0.1) is 4.92 Å². The number of nitrogens with zero attached hydrogens (tertiary/aromatic N) is 2. The standard InChI is InChI=1S/C19H14F3N3O4S2/c1-11-9-30-18(23-11)31-14-5-2-12(3-6-14)24-17(26)15-8-13(29-10-19(20,21)22)4-7-16(15)25(27)28/h2-9H,10H2,1H3,(H,24,26). The predicted octanol–water partition coefficient (Wildman–Crippen LogP) is 5.70. The lowest BCUT2D eigenvalue weighted by atomic mass is 10.1. The van der Waals surface area contributed by atoms with E-state index in [2.05, 4.69) is 15.0 Å². The summed E-state index contributed by atoms with van der Waals surface area (Å²) < 4.78 is 42.5. The molecule has 0 saturated carbocycles. The lowest BCUT2D eigenvalue weighted by Crippen LogP contribution is -2.20. The van der Waals surface area contributed by atoms with Crippen molar-refractivity contribution in [2.75, 3.05) is 11.9 Å². The fourth-order valence-corrected chi connectivity index (χ4v) is 4.21. The Balaban J connectivity index is 1.74. The van der Waals surface area contributed by atoms with Gasteiger partial charge in [-0.3, -0.25) is 14.9 Å². The van der Waals surface area contributed by atoms with Crippen molar-refractivity contribution in [3.63, 3.8) is 0 Å². The number of aryl methyl sites for hydroxylation is 1. The minimum Gasteiger partial charge on any atom is -0.484 e. The molecule has 7 nitrogen and oxygen atoms in total. The minimum absolute atomic E-state index is 0.307. The number of thiazole rings is 1. The van der Waals surface area contributed by atoms with Crippen LogP contribution in [0.2, 0.25) is 0 Å². The molecule has 0 aliphatic carbocycles. The summed E-state index contributed by atoms with van der Waals surface area (Å²) in [5, 5.41) is 15.7. The van der Waals surface area contributed by atoms with Gasteiger partial charge in [0.2, 0.25) is 0 Å².